The monoisotopic (exact) mass is 589 g/mol. The number of rotatable bonds is 7. The summed E-state index contributed by atoms with van der Waals surface area (Å²) in [5, 5.41) is 12.3. The number of nitrogens with zero attached hydrogens (tertiary/aromatic N) is 1. The molecule has 44 heavy (non-hydrogen) atoms. The predicted molar refractivity (Wildman–Crippen MR) is 175 cm³/mol. The molecule has 3 aromatic rings. The van der Waals surface area contributed by atoms with E-state index in [2.05, 4.69) is 50.3 Å². The molecular weight excluding hydrogens is 546 g/mol. The van der Waals surface area contributed by atoms with Crippen LogP contribution in [0.3, 0.4) is 0 Å². The molecular formula is C39H43NO4. The number of phenols is 1. The van der Waals surface area contributed by atoms with Gasteiger partial charge in [0.25, 0.3) is 0 Å². The smallest absolute Gasteiger partial charge is 0.234 e. The zero-order chi connectivity index (χ0) is 30.4. The highest BCUT2D eigenvalue weighted by atomic mass is 16.5. The summed E-state index contributed by atoms with van der Waals surface area (Å²) in [4.78, 5) is 29.4. The van der Waals surface area contributed by atoms with Gasteiger partial charge in [-0.3, -0.25) is 14.5 Å². The van der Waals surface area contributed by atoms with Crippen LogP contribution >= 0.6 is 0 Å². The van der Waals surface area contributed by atoms with Crippen LogP contribution in [0, 0.1) is 23.7 Å². The van der Waals surface area contributed by atoms with Gasteiger partial charge in [0, 0.05) is 17.3 Å². The molecule has 4 atom stereocenters. The first-order chi connectivity index (χ1) is 21.4. The lowest BCUT2D eigenvalue weighted by Gasteiger charge is -2.33. The summed E-state index contributed by atoms with van der Waals surface area (Å²) in [7, 11) is 0. The maximum absolute atomic E-state index is 14.0. The van der Waals surface area contributed by atoms with Gasteiger partial charge in [-0.15, -0.1) is 0 Å². The number of hydrogen-bond donors (Lipinski definition) is 1. The molecule has 0 spiro atoms. The largest absolute Gasteiger partial charge is 0.507 e. The van der Waals surface area contributed by atoms with Crippen molar-refractivity contribution in [2.45, 2.75) is 77.4 Å². The Morgan fingerprint density at radius 3 is 2.39 bits per heavy atom. The maximum atomic E-state index is 14.0. The minimum atomic E-state index is -0.278. The van der Waals surface area contributed by atoms with Crippen molar-refractivity contribution in [3.05, 3.63) is 89.0 Å². The third kappa shape index (κ3) is 5.09. The van der Waals surface area contributed by atoms with Crippen molar-refractivity contribution in [2.24, 2.45) is 23.7 Å². The number of amides is 2. The molecule has 228 valence electrons. The lowest BCUT2D eigenvalue weighted by Crippen LogP contribution is -2.42. The minimum absolute atomic E-state index is 0.00797. The molecule has 0 radical (unpaired) electrons. The summed E-state index contributed by atoms with van der Waals surface area (Å²) >= 11 is 0. The van der Waals surface area contributed by atoms with Gasteiger partial charge in [0.1, 0.15) is 5.75 Å². The number of ether oxygens (including phenoxy) is 1. The zero-order valence-corrected chi connectivity index (χ0v) is 25.9. The number of likely N-dealkylation sites (tertiary alicyclic amines) is 1. The highest BCUT2D eigenvalue weighted by molar-refractivity contribution is 6.06. The number of carbonyl (C=O) groups excluding carboxylic acids is 2. The normalized spacial score (nSPS) is 26.2. The maximum Gasteiger partial charge on any atom is 0.234 e. The van der Waals surface area contributed by atoms with Gasteiger partial charge in [-0.2, -0.15) is 0 Å². The fraction of sp³-hybridized carbons (Fsp3) is 0.436. The van der Waals surface area contributed by atoms with Gasteiger partial charge in [0.2, 0.25) is 11.8 Å². The van der Waals surface area contributed by atoms with Gasteiger partial charge in [-0.05, 0) is 71.7 Å². The minimum Gasteiger partial charge on any atom is -0.507 e. The van der Waals surface area contributed by atoms with Crippen molar-refractivity contribution in [3.63, 3.8) is 0 Å². The Labute approximate surface area is 260 Å². The van der Waals surface area contributed by atoms with Crippen LogP contribution < -0.4 is 0 Å². The molecule has 7 rings (SSSR count). The molecule has 0 bridgehead atoms. The van der Waals surface area contributed by atoms with E-state index in [9.17, 15) is 14.7 Å². The van der Waals surface area contributed by atoms with E-state index >= 15 is 0 Å². The Kier molecular flexibility index (Phi) is 7.92. The van der Waals surface area contributed by atoms with E-state index in [1.54, 1.807) is 11.0 Å². The SMILES string of the molecule is CC(C)C1=C2[C@@H](CC/C(=C/c3ccc(O)c4ccccc34)c3ccccc3)OC[C@@H]2[C@@H]2C(=O)N(C3CCCCC3)C(=O)[C@@H]2C1. The summed E-state index contributed by atoms with van der Waals surface area (Å²) in [5.74, 6) is 0.201. The summed E-state index contributed by atoms with van der Waals surface area (Å²) in [6.07, 6.45) is 9.78. The number of fused-ring (bicyclic) bond motifs is 4. The van der Waals surface area contributed by atoms with Crippen LogP contribution in [0.25, 0.3) is 22.4 Å². The molecule has 5 nitrogen and oxygen atoms in total. The van der Waals surface area contributed by atoms with E-state index in [0.717, 1.165) is 54.9 Å². The van der Waals surface area contributed by atoms with E-state index < -0.39 is 0 Å². The van der Waals surface area contributed by atoms with Gasteiger partial charge >= 0.3 is 0 Å². The topological polar surface area (TPSA) is 66.8 Å². The second-order valence-electron chi connectivity index (χ2n) is 13.5. The van der Waals surface area contributed by atoms with Crippen molar-refractivity contribution in [1.29, 1.82) is 0 Å². The Morgan fingerprint density at radius 1 is 0.909 bits per heavy atom. The molecule has 1 N–H and O–H groups in total. The van der Waals surface area contributed by atoms with Crippen molar-refractivity contribution >= 4 is 34.2 Å². The van der Waals surface area contributed by atoms with E-state index in [-0.39, 0.29) is 47.5 Å². The number of aromatic hydroxyl groups is 1. The van der Waals surface area contributed by atoms with Crippen LogP contribution in [0.2, 0.25) is 0 Å². The van der Waals surface area contributed by atoms with Crippen LogP contribution in [-0.2, 0) is 14.3 Å². The predicted octanol–water partition coefficient (Wildman–Crippen LogP) is 8.17. The molecule has 5 heteroatoms. The third-order valence-electron chi connectivity index (χ3n) is 10.7. The average Bonchev–Trinajstić information content (AvgIpc) is 3.58. The molecule has 0 unspecified atom stereocenters. The van der Waals surface area contributed by atoms with Gasteiger partial charge < -0.3 is 9.84 Å². The number of phenolic OH excluding ortho intramolecular Hbond substituents is 1. The molecule has 4 aliphatic rings. The number of imide groups is 1. The fourth-order valence-corrected chi connectivity index (χ4v) is 8.54. The summed E-state index contributed by atoms with van der Waals surface area (Å²) in [6, 6.07) is 22.3. The first kappa shape index (κ1) is 29.0. The van der Waals surface area contributed by atoms with Gasteiger partial charge in [-0.1, -0.05) is 105 Å². The second kappa shape index (κ2) is 12.0. The van der Waals surface area contributed by atoms with E-state index in [1.165, 1.54) is 28.7 Å². The Hall–Kier alpha value is -3.70. The molecule has 0 aromatic heterocycles. The van der Waals surface area contributed by atoms with E-state index in [0.29, 0.717) is 18.9 Å². The molecule has 2 heterocycles. The summed E-state index contributed by atoms with van der Waals surface area (Å²) < 4.78 is 6.58. The molecule has 2 aliphatic heterocycles. The van der Waals surface area contributed by atoms with Gasteiger partial charge in [-0.25, -0.2) is 0 Å². The molecule has 3 aromatic carbocycles. The van der Waals surface area contributed by atoms with Crippen LogP contribution in [0.4, 0.5) is 0 Å². The lowest BCUT2D eigenvalue weighted by molar-refractivity contribution is -0.143. The van der Waals surface area contributed by atoms with E-state index in [4.69, 9.17) is 4.74 Å². The molecule has 2 amide bonds. The summed E-state index contributed by atoms with van der Waals surface area (Å²) in [6.45, 7) is 4.96. The number of benzene rings is 3. The Morgan fingerprint density at radius 2 is 1.64 bits per heavy atom. The zero-order valence-electron chi connectivity index (χ0n) is 25.9. The number of allylic oxidation sites excluding steroid dienone is 2. The number of hydrogen-bond acceptors (Lipinski definition) is 4. The second-order valence-corrected chi connectivity index (χ2v) is 13.5. The quantitative estimate of drug-likeness (QED) is 0.172. The highest BCUT2D eigenvalue weighted by Gasteiger charge is 2.58. The van der Waals surface area contributed by atoms with Crippen LogP contribution in [0.5, 0.6) is 5.75 Å². The first-order valence-corrected chi connectivity index (χ1v) is 16.6. The van der Waals surface area contributed by atoms with E-state index in [1.807, 2.05) is 30.3 Å². The van der Waals surface area contributed by atoms with Crippen molar-refractivity contribution in [3.8, 4) is 5.75 Å². The van der Waals surface area contributed by atoms with Crippen LogP contribution in [-0.4, -0.2) is 40.6 Å². The highest BCUT2D eigenvalue weighted by Crippen LogP contribution is 2.52. The van der Waals surface area contributed by atoms with Crippen LogP contribution in [0.15, 0.2) is 77.9 Å². The van der Waals surface area contributed by atoms with Crippen molar-refractivity contribution in [1.82, 2.24) is 4.90 Å². The molecule has 2 saturated heterocycles. The van der Waals surface area contributed by atoms with Crippen molar-refractivity contribution in [2.75, 3.05) is 6.61 Å². The van der Waals surface area contributed by atoms with Gasteiger partial charge in [0.05, 0.1) is 24.5 Å². The first-order valence-electron chi connectivity index (χ1n) is 16.6. The Balaban J connectivity index is 1.19. The lowest BCUT2D eigenvalue weighted by atomic mass is 9.67. The molecule has 3 fully saturated rings. The van der Waals surface area contributed by atoms with Crippen LogP contribution in [0.1, 0.15) is 76.3 Å². The standard InChI is InChI=1S/C39H43NO4/c1-24(2)31-22-32-37(39(43)40(38(32)42)28-13-7-4-8-14-28)33-23-44-35(36(31)33)20-18-26(25-11-5-3-6-12-25)21-27-17-19-34(41)30-16-10-9-15-29(27)30/h3,5-6,9-12,15-17,19,21,24,28,32-33,35,37,41H,4,7-8,13-14,18,20,22-23H2,1-2H3/b26-21-/t32-,33+,35-,37-/m1/s1. The third-order valence-corrected chi connectivity index (χ3v) is 10.7. The summed E-state index contributed by atoms with van der Waals surface area (Å²) in [5.41, 5.74) is 6.09. The molecule has 1 saturated carbocycles. The Bertz CT molecular complexity index is 1630. The average molecular weight is 590 g/mol. The molecule has 2 aliphatic carbocycles. The van der Waals surface area contributed by atoms with Gasteiger partial charge in [0.15, 0.2) is 0 Å². The van der Waals surface area contributed by atoms with Crippen molar-refractivity contribution < 1.29 is 19.4 Å². The fourth-order valence-electron chi connectivity index (χ4n) is 8.54. The number of carbonyl (C=O) groups is 2.